The van der Waals surface area contributed by atoms with E-state index < -0.39 is 17.2 Å². The molecule has 2 nitrogen and oxygen atoms in total. The van der Waals surface area contributed by atoms with Crippen molar-refractivity contribution in [1.82, 2.24) is 0 Å². The molecule has 2 aliphatic carbocycles. The Kier molecular flexibility index (Phi) is 1.35. The monoisotopic (exact) mass is 226 g/mol. The number of allylic oxidation sites excluding steroid dienone is 4. The molecule has 1 aromatic carbocycles. The van der Waals surface area contributed by atoms with Crippen LogP contribution in [-0.4, -0.2) is 5.97 Å². The first-order valence-electron chi connectivity index (χ1n) is 5.36. The molecule has 2 heterocycles. The molecule has 82 valence electrons. The summed E-state index contributed by atoms with van der Waals surface area (Å²) in [4.78, 5) is 12.3. The number of ether oxygens (including phenoxy) is 1. The minimum Gasteiger partial charge on any atom is -0.422 e. The summed E-state index contributed by atoms with van der Waals surface area (Å²) in [5, 5.41) is 0. The van der Waals surface area contributed by atoms with Gasteiger partial charge in [-0.2, -0.15) is 0 Å². The van der Waals surface area contributed by atoms with Gasteiger partial charge in [0.15, 0.2) is 11.6 Å². The van der Waals surface area contributed by atoms with Crippen LogP contribution >= 0.6 is 0 Å². The fourth-order valence-corrected chi connectivity index (χ4v) is 2.82. The van der Waals surface area contributed by atoms with Crippen LogP contribution in [0.15, 0.2) is 53.6 Å². The third-order valence-electron chi connectivity index (χ3n) is 3.62. The maximum Gasteiger partial charge on any atom is 0.331 e. The summed E-state index contributed by atoms with van der Waals surface area (Å²) in [6.07, 6.45) is 7.53. The first kappa shape index (κ1) is 8.93. The summed E-state index contributed by atoms with van der Waals surface area (Å²) in [6, 6.07) is 4.65. The second-order valence-electron chi connectivity index (χ2n) is 4.36. The number of hydrogen-bond donors (Lipinski definition) is 0. The molecule has 0 saturated carbocycles. The van der Waals surface area contributed by atoms with E-state index in [1.807, 2.05) is 24.3 Å². The predicted molar refractivity (Wildman–Crippen MR) is 59.0 cm³/mol. The molecule has 4 aliphatic rings. The minimum absolute atomic E-state index is 0.00289. The minimum atomic E-state index is -0.925. The van der Waals surface area contributed by atoms with E-state index in [9.17, 15) is 9.18 Å². The molecule has 0 fully saturated rings. The van der Waals surface area contributed by atoms with Crippen LogP contribution < -0.4 is 4.74 Å². The van der Waals surface area contributed by atoms with Crippen molar-refractivity contribution in [2.24, 2.45) is 0 Å². The number of carbonyl (C=O) groups is 1. The molecule has 3 heteroatoms. The molecule has 1 spiro atoms. The molecule has 0 unspecified atom stereocenters. The van der Waals surface area contributed by atoms with Crippen LogP contribution in [0.2, 0.25) is 0 Å². The van der Waals surface area contributed by atoms with E-state index in [1.54, 1.807) is 6.07 Å². The third-order valence-corrected chi connectivity index (χ3v) is 3.62. The lowest BCUT2D eigenvalue weighted by molar-refractivity contribution is -0.137. The summed E-state index contributed by atoms with van der Waals surface area (Å²) < 4.78 is 18.8. The Balaban J connectivity index is 2.08. The molecule has 4 bridgehead atoms. The standard InChI is InChI=1S/C14H7FO2/c15-11-7-10-5-6-12(11)17-13(16)14(10)8-1-2-9(14)4-3-8/h1-7H. The highest BCUT2D eigenvalue weighted by atomic mass is 19.1. The number of fused-ring (bicyclic) bond motifs is 3. The fourth-order valence-electron chi connectivity index (χ4n) is 2.82. The van der Waals surface area contributed by atoms with Crippen molar-refractivity contribution in [2.45, 2.75) is 5.41 Å². The zero-order valence-corrected chi connectivity index (χ0v) is 8.74. The highest BCUT2D eigenvalue weighted by molar-refractivity contribution is 5.99. The lowest BCUT2D eigenvalue weighted by atomic mass is 9.75. The topological polar surface area (TPSA) is 26.3 Å². The van der Waals surface area contributed by atoms with Gasteiger partial charge < -0.3 is 4.74 Å². The van der Waals surface area contributed by atoms with E-state index in [4.69, 9.17) is 4.74 Å². The highest BCUT2D eigenvalue weighted by Crippen LogP contribution is 2.51. The smallest absolute Gasteiger partial charge is 0.331 e. The van der Waals surface area contributed by atoms with Gasteiger partial charge in [-0.05, 0) is 28.8 Å². The van der Waals surface area contributed by atoms with Crippen molar-refractivity contribution in [2.75, 3.05) is 0 Å². The van der Waals surface area contributed by atoms with E-state index >= 15 is 0 Å². The number of esters is 1. The van der Waals surface area contributed by atoms with Gasteiger partial charge in [-0.25, -0.2) is 9.18 Å². The lowest BCUT2D eigenvalue weighted by Gasteiger charge is -2.25. The second-order valence-corrected chi connectivity index (χ2v) is 4.36. The van der Waals surface area contributed by atoms with E-state index in [2.05, 4.69) is 0 Å². The van der Waals surface area contributed by atoms with Crippen molar-refractivity contribution < 1.29 is 13.9 Å². The van der Waals surface area contributed by atoms with E-state index in [-0.39, 0.29) is 5.75 Å². The van der Waals surface area contributed by atoms with Gasteiger partial charge in [0.25, 0.3) is 0 Å². The maximum absolute atomic E-state index is 13.6. The number of halogens is 1. The molecule has 2 aliphatic heterocycles. The van der Waals surface area contributed by atoms with Gasteiger partial charge in [0.2, 0.25) is 0 Å². The Bertz CT molecular complexity index is 643. The molecule has 0 atom stereocenters. The van der Waals surface area contributed by atoms with Gasteiger partial charge in [-0.15, -0.1) is 0 Å². The average molecular weight is 226 g/mol. The van der Waals surface area contributed by atoms with Gasteiger partial charge in [0.05, 0.1) is 0 Å². The van der Waals surface area contributed by atoms with Crippen molar-refractivity contribution in [3.05, 3.63) is 65.0 Å². The molecule has 1 aromatic rings. The number of benzene rings is 1. The average Bonchev–Trinajstić information content (AvgIpc) is 2.79. The van der Waals surface area contributed by atoms with Crippen LogP contribution in [0.5, 0.6) is 5.75 Å². The first-order valence-corrected chi connectivity index (χ1v) is 5.36. The van der Waals surface area contributed by atoms with Gasteiger partial charge in [-0.3, -0.25) is 0 Å². The van der Waals surface area contributed by atoms with Crippen LogP contribution in [0.1, 0.15) is 5.56 Å². The van der Waals surface area contributed by atoms with Crippen molar-refractivity contribution in [1.29, 1.82) is 0 Å². The maximum atomic E-state index is 13.6. The van der Waals surface area contributed by atoms with Gasteiger partial charge in [0, 0.05) is 0 Å². The Morgan fingerprint density at radius 1 is 1.12 bits per heavy atom. The van der Waals surface area contributed by atoms with Gasteiger partial charge in [-0.1, -0.05) is 30.4 Å². The Morgan fingerprint density at radius 2 is 1.82 bits per heavy atom. The SMILES string of the molecule is O=C1Oc2ccc(cc2F)C12C1=CC=C2C=C1. The number of carbonyl (C=O) groups excluding carboxylic acids is 1. The van der Waals surface area contributed by atoms with Crippen molar-refractivity contribution in [3.63, 3.8) is 0 Å². The first-order chi connectivity index (χ1) is 8.23. The largest absolute Gasteiger partial charge is 0.422 e. The Morgan fingerprint density at radius 3 is 2.41 bits per heavy atom. The summed E-state index contributed by atoms with van der Waals surface area (Å²) >= 11 is 0. The van der Waals surface area contributed by atoms with Crippen LogP contribution in [-0.2, 0) is 10.2 Å². The summed E-state index contributed by atoms with van der Waals surface area (Å²) in [7, 11) is 0. The lowest BCUT2D eigenvalue weighted by Crippen LogP contribution is -2.37. The van der Waals surface area contributed by atoms with Crippen molar-refractivity contribution >= 4 is 5.97 Å². The molecule has 5 rings (SSSR count). The molecule has 0 radical (unpaired) electrons. The highest BCUT2D eigenvalue weighted by Gasteiger charge is 2.53. The number of hydrogen-bond acceptors (Lipinski definition) is 2. The molecule has 17 heavy (non-hydrogen) atoms. The van der Waals surface area contributed by atoms with E-state index in [1.165, 1.54) is 12.1 Å². The predicted octanol–water partition coefficient (Wildman–Crippen LogP) is 2.42. The molecular formula is C14H7FO2. The summed E-state index contributed by atoms with van der Waals surface area (Å²) in [6.45, 7) is 0. The summed E-state index contributed by atoms with van der Waals surface area (Å²) in [5.41, 5.74) is 1.42. The molecule has 0 N–H and O–H groups in total. The van der Waals surface area contributed by atoms with Crippen LogP contribution in [0, 0.1) is 5.82 Å². The van der Waals surface area contributed by atoms with Crippen LogP contribution in [0.25, 0.3) is 0 Å². The third kappa shape index (κ3) is 0.813. The summed E-state index contributed by atoms with van der Waals surface area (Å²) in [5.74, 6) is -0.903. The quantitative estimate of drug-likeness (QED) is 0.501. The zero-order valence-electron chi connectivity index (χ0n) is 8.74. The molecule has 0 aromatic heterocycles. The Hall–Kier alpha value is -2.16. The molecular weight excluding hydrogens is 219 g/mol. The van der Waals surface area contributed by atoms with Gasteiger partial charge >= 0.3 is 5.97 Å². The van der Waals surface area contributed by atoms with Crippen LogP contribution in [0.3, 0.4) is 0 Å². The van der Waals surface area contributed by atoms with Crippen molar-refractivity contribution in [3.8, 4) is 5.75 Å². The Labute approximate surface area is 96.7 Å². The molecule has 0 amide bonds. The van der Waals surface area contributed by atoms with E-state index in [0.29, 0.717) is 5.56 Å². The number of rotatable bonds is 0. The second kappa shape index (κ2) is 2.56. The van der Waals surface area contributed by atoms with E-state index in [0.717, 1.165) is 11.1 Å². The normalized spacial score (nSPS) is 21.6. The zero-order chi connectivity index (χ0) is 11.6. The fraction of sp³-hybridized carbons (Fsp3) is 0.0714. The molecule has 0 saturated heterocycles. The van der Waals surface area contributed by atoms with Crippen LogP contribution in [0.4, 0.5) is 4.39 Å². The van der Waals surface area contributed by atoms with Gasteiger partial charge in [0.1, 0.15) is 5.41 Å².